The number of aliphatic hydroxyl groups is 1. The van der Waals surface area contributed by atoms with E-state index in [1.807, 2.05) is 0 Å². The van der Waals surface area contributed by atoms with Gasteiger partial charge in [0.25, 0.3) is 0 Å². The summed E-state index contributed by atoms with van der Waals surface area (Å²) in [6.07, 6.45) is 3.33. The average molecular weight is 316 g/mol. The number of anilines is 1. The molecule has 126 valence electrons. The van der Waals surface area contributed by atoms with Crippen molar-refractivity contribution in [3.8, 4) is 0 Å². The lowest BCUT2D eigenvalue weighted by molar-refractivity contribution is -0.128. The number of carbonyl (C=O) groups is 1. The summed E-state index contributed by atoms with van der Waals surface area (Å²) in [5.74, 6) is 0.729. The molecule has 1 aromatic rings. The monoisotopic (exact) mass is 316 g/mol. The van der Waals surface area contributed by atoms with Crippen LogP contribution in [0.25, 0.3) is 0 Å². The molecule has 3 rings (SSSR count). The van der Waals surface area contributed by atoms with Gasteiger partial charge in [-0.2, -0.15) is 0 Å². The van der Waals surface area contributed by atoms with E-state index >= 15 is 0 Å². The third kappa shape index (κ3) is 3.69. The lowest BCUT2D eigenvalue weighted by atomic mass is 9.94. The van der Waals surface area contributed by atoms with Gasteiger partial charge in [0.05, 0.1) is 6.10 Å². The molecule has 1 unspecified atom stereocenters. The lowest BCUT2D eigenvalue weighted by Gasteiger charge is -2.34. The number of benzene rings is 1. The molecule has 1 fully saturated rings. The van der Waals surface area contributed by atoms with Gasteiger partial charge in [-0.1, -0.05) is 26.0 Å². The second-order valence-corrected chi connectivity index (χ2v) is 7.19. The molecule has 0 aromatic heterocycles. The van der Waals surface area contributed by atoms with Gasteiger partial charge < -0.3 is 14.9 Å². The number of aliphatic hydroxyl groups excluding tert-OH is 1. The fourth-order valence-corrected chi connectivity index (χ4v) is 3.71. The summed E-state index contributed by atoms with van der Waals surface area (Å²) in [7, 11) is 0. The van der Waals surface area contributed by atoms with Gasteiger partial charge in [-0.25, -0.2) is 0 Å². The van der Waals surface area contributed by atoms with Crippen LogP contribution in [0.2, 0.25) is 0 Å². The molecule has 0 bridgehead atoms. The fourth-order valence-electron chi connectivity index (χ4n) is 3.71. The predicted molar refractivity (Wildman–Crippen MR) is 92.9 cm³/mol. The van der Waals surface area contributed by atoms with E-state index in [0.29, 0.717) is 25.4 Å². The highest BCUT2D eigenvalue weighted by molar-refractivity contribution is 5.78. The molecule has 1 amide bonds. The number of amides is 1. The highest BCUT2D eigenvalue weighted by atomic mass is 16.3. The molecule has 1 aromatic carbocycles. The fraction of sp³-hybridized carbons (Fsp3) is 0.632. The second-order valence-electron chi connectivity index (χ2n) is 7.19. The Hall–Kier alpha value is -1.55. The van der Waals surface area contributed by atoms with Crippen molar-refractivity contribution in [2.24, 2.45) is 0 Å². The highest BCUT2D eigenvalue weighted by Crippen LogP contribution is 2.30. The normalized spacial score (nSPS) is 19.4. The molecular formula is C19H28N2O2. The van der Waals surface area contributed by atoms with Crippen LogP contribution in [0.5, 0.6) is 0 Å². The Bertz CT molecular complexity index is 570. The Morgan fingerprint density at radius 1 is 1.09 bits per heavy atom. The van der Waals surface area contributed by atoms with E-state index in [-0.39, 0.29) is 5.91 Å². The van der Waals surface area contributed by atoms with Gasteiger partial charge >= 0.3 is 0 Å². The van der Waals surface area contributed by atoms with Crippen LogP contribution >= 0.6 is 0 Å². The first kappa shape index (κ1) is 16.3. The molecule has 4 heteroatoms. The summed E-state index contributed by atoms with van der Waals surface area (Å²) in [6.45, 7) is 7.30. The minimum Gasteiger partial charge on any atom is -0.389 e. The first-order chi connectivity index (χ1) is 11.0. The van der Waals surface area contributed by atoms with Crippen LogP contribution in [0.1, 0.15) is 50.2 Å². The zero-order valence-corrected chi connectivity index (χ0v) is 14.3. The molecule has 2 aliphatic heterocycles. The molecule has 1 N–H and O–H groups in total. The van der Waals surface area contributed by atoms with Crippen LogP contribution in [0.4, 0.5) is 5.69 Å². The Morgan fingerprint density at radius 3 is 2.48 bits per heavy atom. The van der Waals surface area contributed by atoms with Crippen molar-refractivity contribution < 1.29 is 9.90 Å². The lowest BCUT2D eigenvalue weighted by Crippen LogP contribution is -2.42. The molecule has 1 atom stereocenters. The highest BCUT2D eigenvalue weighted by Gasteiger charge is 2.25. The largest absolute Gasteiger partial charge is 0.389 e. The zero-order valence-electron chi connectivity index (χ0n) is 14.3. The van der Waals surface area contributed by atoms with Gasteiger partial charge in [0.2, 0.25) is 5.91 Å². The van der Waals surface area contributed by atoms with Crippen molar-refractivity contribution in [2.45, 2.75) is 51.6 Å². The van der Waals surface area contributed by atoms with Crippen LogP contribution in [0, 0.1) is 0 Å². The number of hydrogen-bond donors (Lipinski definition) is 1. The zero-order chi connectivity index (χ0) is 16.4. The molecule has 0 spiro atoms. The second kappa shape index (κ2) is 6.91. The Labute approximate surface area is 139 Å². The summed E-state index contributed by atoms with van der Waals surface area (Å²) >= 11 is 0. The Morgan fingerprint density at radius 2 is 1.78 bits per heavy atom. The molecule has 0 aliphatic carbocycles. The molecule has 23 heavy (non-hydrogen) atoms. The number of nitrogens with zero attached hydrogens (tertiary/aromatic N) is 2. The van der Waals surface area contributed by atoms with Gasteiger partial charge in [0.1, 0.15) is 0 Å². The van der Waals surface area contributed by atoms with Gasteiger partial charge in [0, 0.05) is 38.3 Å². The summed E-state index contributed by atoms with van der Waals surface area (Å²) in [6, 6.07) is 6.73. The van der Waals surface area contributed by atoms with E-state index in [1.165, 1.54) is 16.8 Å². The maximum Gasteiger partial charge on any atom is 0.222 e. The smallest absolute Gasteiger partial charge is 0.222 e. The molecule has 2 aliphatic rings. The summed E-state index contributed by atoms with van der Waals surface area (Å²) in [4.78, 5) is 15.8. The van der Waals surface area contributed by atoms with Crippen LogP contribution < -0.4 is 4.90 Å². The number of rotatable bonds is 5. The van der Waals surface area contributed by atoms with Crippen LogP contribution in [-0.4, -0.2) is 48.2 Å². The van der Waals surface area contributed by atoms with Gasteiger partial charge in [0.15, 0.2) is 0 Å². The van der Waals surface area contributed by atoms with E-state index in [2.05, 4.69) is 36.9 Å². The number of β-amino-alcohol motifs (C(OH)–C–C–N with tert-alkyl or cyclic N) is 1. The van der Waals surface area contributed by atoms with Crippen LogP contribution in [-0.2, 0) is 11.2 Å². The number of carbonyl (C=O) groups excluding carboxylic acids is 1. The van der Waals surface area contributed by atoms with Gasteiger partial charge in [-0.05, 0) is 42.4 Å². The SMILES string of the molecule is CC(C)c1ccc2c(c1)CCCN2CC(O)CN1CCCC1=O. The Balaban J connectivity index is 1.66. The van der Waals surface area contributed by atoms with E-state index < -0.39 is 6.10 Å². The van der Waals surface area contributed by atoms with E-state index in [9.17, 15) is 9.90 Å². The number of likely N-dealkylation sites (tertiary alicyclic amines) is 1. The number of aryl methyl sites for hydroxylation is 1. The van der Waals surface area contributed by atoms with Crippen LogP contribution in [0.3, 0.4) is 0 Å². The minimum absolute atomic E-state index is 0.185. The van der Waals surface area contributed by atoms with Gasteiger partial charge in [-0.15, -0.1) is 0 Å². The average Bonchev–Trinajstić information content (AvgIpc) is 2.92. The van der Waals surface area contributed by atoms with Gasteiger partial charge in [-0.3, -0.25) is 4.79 Å². The van der Waals surface area contributed by atoms with E-state index in [1.54, 1.807) is 4.90 Å². The quantitative estimate of drug-likeness (QED) is 0.908. The van der Waals surface area contributed by atoms with Crippen molar-refractivity contribution in [1.82, 2.24) is 4.90 Å². The molecule has 1 saturated heterocycles. The molecular weight excluding hydrogens is 288 g/mol. The third-order valence-corrected chi connectivity index (χ3v) is 5.02. The standard InChI is InChI=1S/C19H28N2O2/c1-14(2)15-7-8-18-16(11-15)5-3-9-20(18)12-17(22)13-21-10-4-6-19(21)23/h7-8,11,14,17,22H,3-6,9-10,12-13H2,1-2H3. The summed E-state index contributed by atoms with van der Waals surface area (Å²) in [5, 5.41) is 10.4. The molecule has 0 radical (unpaired) electrons. The maximum absolute atomic E-state index is 11.7. The maximum atomic E-state index is 11.7. The van der Waals surface area contributed by atoms with Crippen molar-refractivity contribution in [2.75, 3.05) is 31.1 Å². The van der Waals surface area contributed by atoms with E-state index in [0.717, 1.165) is 32.4 Å². The minimum atomic E-state index is -0.479. The summed E-state index contributed by atoms with van der Waals surface area (Å²) < 4.78 is 0. The van der Waals surface area contributed by atoms with Crippen molar-refractivity contribution in [3.63, 3.8) is 0 Å². The van der Waals surface area contributed by atoms with E-state index in [4.69, 9.17) is 0 Å². The molecule has 0 saturated carbocycles. The molecule has 2 heterocycles. The number of hydrogen-bond acceptors (Lipinski definition) is 3. The van der Waals surface area contributed by atoms with Crippen molar-refractivity contribution in [1.29, 1.82) is 0 Å². The van der Waals surface area contributed by atoms with Crippen molar-refractivity contribution in [3.05, 3.63) is 29.3 Å². The first-order valence-corrected chi connectivity index (χ1v) is 8.88. The topological polar surface area (TPSA) is 43.8 Å². The van der Waals surface area contributed by atoms with Crippen LogP contribution in [0.15, 0.2) is 18.2 Å². The summed E-state index contributed by atoms with van der Waals surface area (Å²) in [5.41, 5.74) is 4.04. The Kier molecular flexibility index (Phi) is 4.90. The van der Waals surface area contributed by atoms with Crippen molar-refractivity contribution >= 4 is 11.6 Å². The third-order valence-electron chi connectivity index (χ3n) is 5.02. The first-order valence-electron chi connectivity index (χ1n) is 8.88. The number of fused-ring (bicyclic) bond motifs is 1. The molecule has 4 nitrogen and oxygen atoms in total. The predicted octanol–water partition coefficient (Wildman–Crippen LogP) is 2.55.